The van der Waals surface area contributed by atoms with Crippen molar-refractivity contribution in [1.29, 1.82) is 0 Å². The van der Waals surface area contributed by atoms with Gasteiger partial charge in [-0.05, 0) is 37.3 Å². The molecule has 2 rings (SSSR count). The van der Waals surface area contributed by atoms with E-state index in [0.717, 1.165) is 38.2 Å². The van der Waals surface area contributed by atoms with Crippen LogP contribution in [0.25, 0.3) is 0 Å². The second-order valence-corrected chi connectivity index (χ2v) is 6.85. The van der Waals surface area contributed by atoms with Crippen LogP contribution in [0, 0.1) is 5.92 Å². The molecule has 0 bridgehead atoms. The Labute approximate surface area is 144 Å². The Bertz CT molecular complexity index is 487. The summed E-state index contributed by atoms with van der Waals surface area (Å²) in [4.78, 5) is 18.9. The summed E-state index contributed by atoms with van der Waals surface area (Å²) in [6.07, 6.45) is 4.32. The van der Waals surface area contributed by atoms with Crippen LogP contribution < -0.4 is 10.6 Å². The van der Waals surface area contributed by atoms with Crippen LogP contribution in [0.3, 0.4) is 0 Å². The van der Waals surface area contributed by atoms with Gasteiger partial charge >= 0.3 is 6.03 Å². The van der Waals surface area contributed by atoms with Gasteiger partial charge in [-0.25, -0.2) is 4.79 Å². The highest BCUT2D eigenvalue weighted by molar-refractivity contribution is 5.74. The predicted octanol–water partition coefficient (Wildman–Crippen LogP) is 1.75. The molecule has 2 heterocycles. The van der Waals surface area contributed by atoms with Crippen LogP contribution in [0.15, 0.2) is 24.4 Å². The van der Waals surface area contributed by atoms with Crippen molar-refractivity contribution in [2.75, 3.05) is 19.7 Å². The number of amides is 2. The van der Waals surface area contributed by atoms with E-state index in [9.17, 15) is 4.79 Å². The van der Waals surface area contributed by atoms with E-state index >= 15 is 0 Å². The number of hydrogen-bond acceptors (Lipinski definition) is 4. The molecule has 2 amide bonds. The number of aliphatic hydroxyl groups excluding tert-OH is 1. The summed E-state index contributed by atoms with van der Waals surface area (Å²) in [5.74, 6) is 0.308. The number of aromatic nitrogens is 1. The molecular weight excluding hydrogens is 304 g/mol. The molecule has 3 N–H and O–H groups in total. The fourth-order valence-electron chi connectivity index (χ4n) is 3.06. The molecule has 1 aliphatic rings. The van der Waals surface area contributed by atoms with Gasteiger partial charge in [-0.15, -0.1) is 0 Å². The quantitative estimate of drug-likeness (QED) is 0.710. The molecule has 0 radical (unpaired) electrons. The van der Waals surface area contributed by atoms with E-state index in [0.29, 0.717) is 12.3 Å². The van der Waals surface area contributed by atoms with E-state index < -0.39 is 0 Å². The van der Waals surface area contributed by atoms with Gasteiger partial charge in [-0.1, -0.05) is 19.9 Å². The SMILES string of the molecule is CC(C)C(CCO)NC(=O)NC1CCN(Cc2ccccn2)CC1. The lowest BCUT2D eigenvalue weighted by Gasteiger charge is -2.32. The van der Waals surface area contributed by atoms with E-state index in [2.05, 4.69) is 34.4 Å². The molecular formula is C18H30N4O2. The zero-order valence-electron chi connectivity index (χ0n) is 14.7. The number of carbonyl (C=O) groups is 1. The number of likely N-dealkylation sites (tertiary alicyclic amines) is 1. The zero-order chi connectivity index (χ0) is 17.4. The fraction of sp³-hybridized carbons (Fsp3) is 0.667. The minimum Gasteiger partial charge on any atom is -0.396 e. The van der Waals surface area contributed by atoms with Gasteiger partial charge in [0.15, 0.2) is 0 Å². The Morgan fingerprint density at radius 3 is 2.71 bits per heavy atom. The minimum absolute atomic E-state index is 0.0132. The van der Waals surface area contributed by atoms with Crippen molar-refractivity contribution in [2.45, 2.75) is 51.7 Å². The highest BCUT2D eigenvalue weighted by Gasteiger charge is 2.22. The Hall–Kier alpha value is -1.66. The average Bonchev–Trinajstić information content (AvgIpc) is 2.57. The standard InChI is InChI=1S/C18H30N4O2/c1-14(2)17(8-12-23)21-18(24)20-15-6-10-22(11-7-15)13-16-5-3-4-9-19-16/h3-5,9,14-15,17,23H,6-8,10-13H2,1-2H3,(H2,20,21,24). The third-order valence-corrected chi connectivity index (χ3v) is 4.60. The fourth-order valence-corrected chi connectivity index (χ4v) is 3.06. The van der Waals surface area contributed by atoms with Crippen molar-refractivity contribution in [3.63, 3.8) is 0 Å². The van der Waals surface area contributed by atoms with Gasteiger partial charge in [-0.3, -0.25) is 9.88 Å². The second-order valence-electron chi connectivity index (χ2n) is 6.85. The lowest BCUT2D eigenvalue weighted by molar-refractivity contribution is 0.181. The number of piperidine rings is 1. The predicted molar refractivity (Wildman–Crippen MR) is 94.5 cm³/mol. The molecule has 1 unspecified atom stereocenters. The normalized spacial score (nSPS) is 17.7. The van der Waals surface area contributed by atoms with Gasteiger partial charge in [0.2, 0.25) is 0 Å². The summed E-state index contributed by atoms with van der Waals surface area (Å²) >= 11 is 0. The van der Waals surface area contributed by atoms with Crippen LogP contribution in [0.2, 0.25) is 0 Å². The van der Waals surface area contributed by atoms with Crippen LogP contribution in [-0.2, 0) is 6.54 Å². The van der Waals surface area contributed by atoms with E-state index in [1.54, 1.807) is 0 Å². The Kier molecular flexibility index (Phi) is 7.46. The van der Waals surface area contributed by atoms with Gasteiger partial charge < -0.3 is 15.7 Å². The summed E-state index contributed by atoms with van der Waals surface area (Å²) in [6, 6.07) is 6.10. The molecule has 0 aromatic carbocycles. The smallest absolute Gasteiger partial charge is 0.315 e. The molecule has 1 aromatic heterocycles. The highest BCUT2D eigenvalue weighted by atomic mass is 16.3. The molecule has 1 aromatic rings. The number of aliphatic hydroxyl groups is 1. The highest BCUT2D eigenvalue weighted by Crippen LogP contribution is 2.13. The van der Waals surface area contributed by atoms with E-state index in [-0.39, 0.29) is 24.7 Å². The zero-order valence-corrected chi connectivity index (χ0v) is 14.7. The van der Waals surface area contributed by atoms with Crippen molar-refractivity contribution in [3.05, 3.63) is 30.1 Å². The molecule has 0 aliphatic carbocycles. The summed E-state index contributed by atoms with van der Waals surface area (Å²) in [5.41, 5.74) is 1.09. The lowest BCUT2D eigenvalue weighted by Crippen LogP contribution is -2.51. The maximum Gasteiger partial charge on any atom is 0.315 e. The van der Waals surface area contributed by atoms with Crippen LogP contribution in [0.4, 0.5) is 4.79 Å². The van der Waals surface area contributed by atoms with Crippen LogP contribution >= 0.6 is 0 Å². The molecule has 6 heteroatoms. The summed E-state index contributed by atoms with van der Waals surface area (Å²) < 4.78 is 0. The number of nitrogens with zero attached hydrogens (tertiary/aromatic N) is 2. The Morgan fingerprint density at radius 1 is 1.38 bits per heavy atom. The van der Waals surface area contributed by atoms with Crippen molar-refractivity contribution in [1.82, 2.24) is 20.5 Å². The number of hydrogen-bond donors (Lipinski definition) is 3. The van der Waals surface area contributed by atoms with Crippen LogP contribution in [0.5, 0.6) is 0 Å². The first-order valence-corrected chi connectivity index (χ1v) is 8.88. The first-order valence-electron chi connectivity index (χ1n) is 8.88. The summed E-state index contributed by atoms with van der Waals surface area (Å²) in [6.45, 7) is 6.99. The summed E-state index contributed by atoms with van der Waals surface area (Å²) in [5, 5.41) is 15.1. The first kappa shape index (κ1) is 18.7. The Balaban J connectivity index is 1.71. The number of rotatable bonds is 7. The van der Waals surface area contributed by atoms with Crippen molar-refractivity contribution >= 4 is 6.03 Å². The van der Waals surface area contributed by atoms with E-state index in [1.165, 1.54) is 0 Å². The lowest BCUT2D eigenvalue weighted by atomic mass is 10.0. The number of carbonyl (C=O) groups excluding carboxylic acids is 1. The molecule has 6 nitrogen and oxygen atoms in total. The van der Waals surface area contributed by atoms with Crippen LogP contribution in [-0.4, -0.2) is 52.8 Å². The molecule has 1 aliphatic heterocycles. The van der Waals surface area contributed by atoms with E-state index in [1.807, 2.05) is 24.4 Å². The molecule has 0 saturated carbocycles. The van der Waals surface area contributed by atoms with Gasteiger partial charge in [0, 0.05) is 44.5 Å². The van der Waals surface area contributed by atoms with Gasteiger partial charge in [0.25, 0.3) is 0 Å². The number of nitrogens with one attached hydrogen (secondary N) is 2. The third-order valence-electron chi connectivity index (χ3n) is 4.60. The average molecular weight is 334 g/mol. The van der Waals surface area contributed by atoms with Crippen molar-refractivity contribution < 1.29 is 9.90 Å². The third kappa shape index (κ3) is 6.09. The van der Waals surface area contributed by atoms with Gasteiger partial charge in [0.1, 0.15) is 0 Å². The van der Waals surface area contributed by atoms with Gasteiger partial charge in [-0.2, -0.15) is 0 Å². The molecule has 24 heavy (non-hydrogen) atoms. The second kappa shape index (κ2) is 9.59. The van der Waals surface area contributed by atoms with Crippen molar-refractivity contribution in [2.24, 2.45) is 5.92 Å². The molecule has 1 atom stereocenters. The topological polar surface area (TPSA) is 77.5 Å². The molecule has 1 fully saturated rings. The van der Waals surface area contributed by atoms with E-state index in [4.69, 9.17) is 5.11 Å². The monoisotopic (exact) mass is 334 g/mol. The summed E-state index contributed by atoms with van der Waals surface area (Å²) in [7, 11) is 0. The molecule has 0 spiro atoms. The Morgan fingerprint density at radius 2 is 2.12 bits per heavy atom. The maximum atomic E-state index is 12.1. The molecule has 134 valence electrons. The van der Waals surface area contributed by atoms with Gasteiger partial charge in [0.05, 0.1) is 5.69 Å². The largest absolute Gasteiger partial charge is 0.396 e. The number of urea groups is 1. The first-order chi connectivity index (χ1) is 11.6. The molecule has 1 saturated heterocycles. The minimum atomic E-state index is -0.120. The van der Waals surface area contributed by atoms with Crippen molar-refractivity contribution in [3.8, 4) is 0 Å². The van der Waals surface area contributed by atoms with Crippen LogP contribution in [0.1, 0.15) is 38.8 Å². The maximum absolute atomic E-state index is 12.1. The number of pyridine rings is 1.